The summed E-state index contributed by atoms with van der Waals surface area (Å²) in [6, 6.07) is 8.44. The topological polar surface area (TPSA) is 38.3 Å². The van der Waals surface area contributed by atoms with Gasteiger partial charge in [-0.2, -0.15) is 0 Å². The Bertz CT molecular complexity index is 466. The van der Waals surface area contributed by atoms with Crippen LogP contribution in [-0.2, 0) is 4.79 Å². The number of carbonyl (C=O) groups is 1. The van der Waals surface area contributed by atoms with E-state index in [9.17, 15) is 4.79 Å². The Balaban J connectivity index is 1.82. The average molecular weight is 273 g/mol. The number of hydrogen-bond acceptors (Lipinski definition) is 3. The van der Waals surface area contributed by atoms with E-state index in [0.717, 1.165) is 57.2 Å². The Labute approximate surface area is 120 Å². The second-order valence-electron chi connectivity index (χ2n) is 6.07. The van der Waals surface area contributed by atoms with Gasteiger partial charge in [-0.25, -0.2) is 0 Å². The van der Waals surface area contributed by atoms with Crippen molar-refractivity contribution in [3.05, 3.63) is 29.8 Å². The van der Waals surface area contributed by atoms with Gasteiger partial charge in [0.15, 0.2) is 0 Å². The molecule has 1 spiro atoms. The van der Waals surface area contributed by atoms with Gasteiger partial charge in [-0.15, -0.1) is 0 Å². The smallest absolute Gasteiger partial charge is 0.123 e. The van der Waals surface area contributed by atoms with Gasteiger partial charge in [0.2, 0.25) is 0 Å². The molecule has 0 saturated carbocycles. The van der Waals surface area contributed by atoms with Crippen molar-refractivity contribution in [1.29, 1.82) is 0 Å². The number of fused-ring (bicyclic) bond motifs is 1. The maximum Gasteiger partial charge on any atom is 0.123 e. The van der Waals surface area contributed by atoms with Crippen LogP contribution >= 0.6 is 0 Å². The highest BCUT2D eigenvalue weighted by atomic mass is 16.5. The van der Waals surface area contributed by atoms with Crippen molar-refractivity contribution >= 4 is 6.29 Å². The molecule has 1 atom stereocenters. The number of nitrogens with one attached hydrogen (secondary N) is 1. The molecule has 1 aromatic rings. The normalized spacial score (nSPS) is 23.9. The number of piperidine rings is 1. The molecule has 20 heavy (non-hydrogen) atoms. The molecule has 2 aliphatic rings. The minimum absolute atomic E-state index is 0.0193. The summed E-state index contributed by atoms with van der Waals surface area (Å²) in [6.07, 6.45) is 7.06. The van der Waals surface area contributed by atoms with Crippen LogP contribution in [0.5, 0.6) is 5.75 Å². The minimum Gasteiger partial charge on any atom is -0.487 e. The summed E-state index contributed by atoms with van der Waals surface area (Å²) in [4.78, 5) is 10.6. The SMILES string of the molecule is O=CCCCC1CC2(CCNCC2)Oc2ccccc21. The molecule has 2 heterocycles. The molecule has 0 amide bonds. The predicted octanol–water partition coefficient (Wildman–Crippen LogP) is 3.04. The first-order valence-corrected chi connectivity index (χ1v) is 7.75. The predicted molar refractivity (Wildman–Crippen MR) is 79.2 cm³/mol. The molecule has 0 radical (unpaired) electrons. The van der Waals surface area contributed by atoms with Gasteiger partial charge in [-0.05, 0) is 62.7 Å². The zero-order chi connectivity index (χ0) is 13.8. The number of rotatable bonds is 4. The molecule has 1 saturated heterocycles. The van der Waals surface area contributed by atoms with E-state index in [0.29, 0.717) is 12.3 Å². The molecule has 3 heteroatoms. The molecule has 3 nitrogen and oxygen atoms in total. The van der Waals surface area contributed by atoms with E-state index in [1.807, 2.05) is 0 Å². The number of para-hydroxylation sites is 1. The van der Waals surface area contributed by atoms with E-state index in [-0.39, 0.29) is 5.60 Å². The van der Waals surface area contributed by atoms with Crippen molar-refractivity contribution in [2.45, 2.75) is 50.0 Å². The third-order valence-electron chi connectivity index (χ3n) is 4.69. The lowest BCUT2D eigenvalue weighted by Gasteiger charge is -2.44. The summed E-state index contributed by atoms with van der Waals surface area (Å²) in [5.74, 6) is 1.61. The average Bonchev–Trinajstić information content (AvgIpc) is 2.48. The van der Waals surface area contributed by atoms with Crippen molar-refractivity contribution in [3.63, 3.8) is 0 Å². The van der Waals surface area contributed by atoms with Gasteiger partial charge in [0.25, 0.3) is 0 Å². The van der Waals surface area contributed by atoms with Crippen LogP contribution in [0, 0.1) is 0 Å². The van der Waals surface area contributed by atoms with E-state index >= 15 is 0 Å². The molecular formula is C17H23NO2. The molecule has 1 fully saturated rings. The van der Waals surface area contributed by atoms with Crippen LogP contribution < -0.4 is 10.1 Å². The van der Waals surface area contributed by atoms with Crippen LogP contribution in [0.4, 0.5) is 0 Å². The molecule has 1 N–H and O–H groups in total. The zero-order valence-corrected chi connectivity index (χ0v) is 11.9. The van der Waals surface area contributed by atoms with Crippen LogP contribution in [0.2, 0.25) is 0 Å². The summed E-state index contributed by atoms with van der Waals surface area (Å²) in [5, 5.41) is 3.42. The quantitative estimate of drug-likeness (QED) is 0.677. The number of carbonyl (C=O) groups excluding carboxylic acids is 1. The number of benzene rings is 1. The van der Waals surface area contributed by atoms with E-state index in [1.54, 1.807) is 0 Å². The number of hydrogen-bond donors (Lipinski definition) is 1. The molecule has 108 valence electrons. The summed E-state index contributed by atoms with van der Waals surface area (Å²) in [7, 11) is 0. The molecule has 0 bridgehead atoms. The van der Waals surface area contributed by atoms with Crippen LogP contribution in [0.15, 0.2) is 24.3 Å². The molecule has 3 rings (SSSR count). The number of ether oxygens (including phenoxy) is 1. The molecular weight excluding hydrogens is 250 g/mol. The van der Waals surface area contributed by atoms with Gasteiger partial charge < -0.3 is 14.8 Å². The third-order valence-corrected chi connectivity index (χ3v) is 4.69. The zero-order valence-electron chi connectivity index (χ0n) is 11.9. The Kier molecular flexibility index (Phi) is 4.06. The molecule has 0 aromatic heterocycles. The van der Waals surface area contributed by atoms with Crippen LogP contribution in [-0.4, -0.2) is 25.0 Å². The Hall–Kier alpha value is -1.35. The summed E-state index contributed by atoms with van der Waals surface area (Å²) in [5.41, 5.74) is 1.35. The van der Waals surface area contributed by atoms with E-state index in [1.165, 1.54) is 5.56 Å². The van der Waals surface area contributed by atoms with Gasteiger partial charge >= 0.3 is 0 Å². The monoisotopic (exact) mass is 273 g/mol. The van der Waals surface area contributed by atoms with Crippen molar-refractivity contribution in [1.82, 2.24) is 5.32 Å². The summed E-state index contributed by atoms with van der Waals surface area (Å²) in [6.45, 7) is 2.09. The first-order valence-electron chi connectivity index (χ1n) is 7.75. The molecule has 1 unspecified atom stereocenters. The van der Waals surface area contributed by atoms with Crippen molar-refractivity contribution in [3.8, 4) is 5.75 Å². The fourth-order valence-electron chi connectivity index (χ4n) is 3.64. The Morgan fingerprint density at radius 2 is 2.10 bits per heavy atom. The minimum atomic E-state index is 0.0193. The van der Waals surface area contributed by atoms with Crippen molar-refractivity contribution < 1.29 is 9.53 Å². The van der Waals surface area contributed by atoms with Gasteiger partial charge in [-0.1, -0.05) is 18.2 Å². The second-order valence-corrected chi connectivity index (χ2v) is 6.07. The van der Waals surface area contributed by atoms with Gasteiger partial charge in [0, 0.05) is 6.42 Å². The van der Waals surface area contributed by atoms with Gasteiger partial charge in [-0.3, -0.25) is 0 Å². The molecule has 0 aliphatic carbocycles. The first kappa shape index (κ1) is 13.6. The summed E-state index contributed by atoms with van der Waals surface area (Å²) < 4.78 is 6.39. The highest BCUT2D eigenvalue weighted by Crippen LogP contribution is 2.46. The van der Waals surface area contributed by atoms with Crippen molar-refractivity contribution in [2.24, 2.45) is 0 Å². The number of unbranched alkanes of at least 4 members (excludes halogenated alkanes) is 1. The largest absolute Gasteiger partial charge is 0.487 e. The van der Waals surface area contributed by atoms with E-state index in [4.69, 9.17) is 4.74 Å². The lowest BCUT2D eigenvalue weighted by Crippen LogP contribution is -2.49. The standard InChI is InChI=1S/C17H23NO2/c19-12-4-3-5-14-13-17(8-10-18-11-9-17)20-16-7-2-1-6-15(14)16/h1-2,6-7,12,14,18H,3-5,8-11,13H2. The summed E-state index contributed by atoms with van der Waals surface area (Å²) >= 11 is 0. The number of aldehydes is 1. The fourth-order valence-corrected chi connectivity index (χ4v) is 3.64. The lowest BCUT2D eigenvalue weighted by molar-refractivity contribution is -0.107. The van der Waals surface area contributed by atoms with Crippen LogP contribution in [0.1, 0.15) is 50.0 Å². The van der Waals surface area contributed by atoms with Gasteiger partial charge in [0.1, 0.15) is 17.6 Å². The van der Waals surface area contributed by atoms with Crippen LogP contribution in [0.25, 0.3) is 0 Å². The second kappa shape index (κ2) is 5.96. The first-order chi connectivity index (χ1) is 9.83. The van der Waals surface area contributed by atoms with E-state index < -0.39 is 0 Å². The van der Waals surface area contributed by atoms with E-state index in [2.05, 4.69) is 29.6 Å². The maximum atomic E-state index is 10.6. The third kappa shape index (κ3) is 2.73. The van der Waals surface area contributed by atoms with Crippen LogP contribution in [0.3, 0.4) is 0 Å². The van der Waals surface area contributed by atoms with Crippen molar-refractivity contribution in [2.75, 3.05) is 13.1 Å². The molecule has 1 aromatic carbocycles. The Morgan fingerprint density at radius 1 is 1.30 bits per heavy atom. The molecule has 2 aliphatic heterocycles. The lowest BCUT2D eigenvalue weighted by atomic mass is 9.76. The van der Waals surface area contributed by atoms with Gasteiger partial charge in [0.05, 0.1) is 0 Å². The highest BCUT2D eigenvalue weighted by Gasteiger charge is 2.41. The Morgan fingerprint density at radius 3 is 2.90 bits per heavy atom. The maximum absolute atomic E-state index is 10.6. The fraction of sp³-hybridized carbons (Fsp3) is 0.588. The highest BCUT2D eigenvalue weighted by molar-refractivity contribution is 5.49.